The van der Waals surface area contributed by atoms with Gasteiger partial charge in [-0.25, -0.2) is 4.39 Å². The van der Waals surface area contributed by atoms with Crippen molar-refractivity contribution < 1.29 is 18.8 Å². The molecule has 0 spiro atoms. The standard InChI is InChI=1S/C26H35FN3O3P/c27-23-15(13-16-5-4-8-21(34)24(16)28-17-6-2-1-3-7-17)9-10-18-19(23)14-30(26(18)33)20-11-12-22(31)29-25(20)32/h9-10,16-17,20-21,24,28H,1-8,11-14,34H2,(H,29,31,32)/t16-,20?,21-,24?/m1/s1. The fraction of sp³-hybridized carbons (Fsp3) is 0.654. The second-order valence-electron chi connectivity index (χ2n) is 10.6. The summed E-state index contributed by atoms with van der Waals surface area (Å²) in [5, 5.41) is 6.24. The van der Waals surface area contributed by atoms with Crippen molar-refractivity contribution >= 4 is 27.0 Å². The summed E-state index contributed by atoms with van der Waals surface area (Å²) >= 11 is 0. The van der Waals surface area contributed by atoms with Gasteiger partial charge in [0.1, 0.15) is 11.9 Å². The highest BCUT2D eigenvalue weighted by molar-refractivity contribution is 7.17. The molecule has 0 bridgehead atoms. The SMILES string of the molecule is O=C1CCC(N2Cc3c(ccc(C[C@H]4CCC[C@@H](P)C4NC4CCCCC4)c3F)C2=O)C(=O)N1. The van der Waals surface area contributed by atoms with Crippen LogP contribution in [0.25, 0.3) is 0 Å². The molecule has 34 heavy (non-hydrogen) atoms. The number of carbonyl (C=O) groups is 3. The first-order chi connectivity index (χ1) is 16.4. The van der Waals surface area contributed by atoms with E-state index in [1.54, 1.807) is 12.1 Å². The molecule has 5 atom stereocenters. The van der Waals surface area contributed by atoms with Crippen molar-refractivity contribution in [2.75, 3.05) is 0 Å². The van der Waals surface area contributed by atoms with Crippen molar-refractivity contribution in [3.05, 3.63) is 34.6 Å². The Kier molecular flexibility index (Phi) is 7.04. The summed E-state index contributed by atoms with van der Waals surface area (Å²) in [4.78, 5) is 38.2. The third-order valence-electron chi connectivity index (χ3n) is 8.33. The molecular formula is C26H35FN3O3P. The molecule has 3 amide bonds. The molecule has 184 valence electrons. The highest BCUT2D eigenvalue weighted by atomic mass is 31.0. The molecule has 8 heteroatoms. The summed E-state index contributed by atoms with van der Waals surface area (Å²) in [6.45, 7) is 0.0841. The normalized spacial score (nSPS) is 30.4. The Bertz CT molecular complexity index is 980. The van der Waals surface area contributed by atoms with Crippen LogP contribution in [-0.4, -0.2) is 46.4 Å². The lowest BCUT2D eigenvalue weighted by atomic mass is 9.79. The number of piperidine rings is 1. The van der Waals surface area contributed by atoms with Crippen LogP contribution in [0.3, 0.4) is 0 Å². The minimum Gasteiger partial charge on any atom is -0.322 e. The summed E-state index contributed by atoms with van der Waals surface area (Å²) in [5.41, 5.74) is 1.89. The van der Waals surface area contributed by atoms with Crippen molar-refractivity contribution in [1.29, 1.82) is 0 Å². The molecule has 1 aromatic rings. The van der Waals surface area contributed by atoms with Gasteiger partial charge in [0.2, 0.25) is 11.8 Å². The largest absolute Gasteiger partial charge is 0.322 e. The zero-order valence-corrected chi connectivity index (χ0v) is 20.8. The van der Waals surface area contributed by atoms with E-state index in [2.05, 4.69) is 19.9 Å². The van der Waals surface area contributed by atoms with Crippen molar-refractivity contribution in [2.45, 2.75) is 101 Å². The van der Waals surface area contributed by atoms with E-state index in [9.17, 15) is 14.4 Å². The molecule has 1 saturated heterocycles. The predicted molar refractivity (Wildman–Crippen MR) is 131 cm³/mol. The number of nitrogens with one attached hydrogen (secondary N) is 2. The minimum atomic E-state index is -0.722. The number of amides is 3. The lowest BCUT2D eigenvalue weighted by molar-refractivity contribution is -0.136. The van der Waals surface area contributed by atoms with Crippen LogP contribution < -0.4 is 10.6 Å². The number of imide groups is 1. The summed E-state index contributed by atoms with van der Waals surface area (Å²) in [6, 6.07) is 3.69. The molecular weight excluding hydrogens is 452 g/mol. The molecule has 4 aliphatic rings. The van der Waals surface area contributed by atoms with Gasteiger partial charge in [-0.15, -0.1) is 9.24 Å². The van der Waals surface area contributed by atoms with Gasteiger partial charge < -0.3 is 10.2 Å². The number of benzene rings is 1. The maximum absolute atomic E-state index is 15.7. The Morgan fingerprint density at radius 2 is 1.82 bits per heavy atom. The summed E-state index contributed by atoms with van der Waals surface area (Å²) < 4.78 is 15.7. The number of hydrogen-bond acceptors (Lipinski definition) is 4. The monoisotopic (exact) mass is 487 g/mol. The van der Waals surface area contributed by atoms with Crippen molar-refractivity contribution in [3.8, 4) is 0 Å². The van der Waals surface area contributed by atoms with Crippen molar-refractivity contribution in [2.24, 2.45) is 5.92 Å². The fourth-order valence-corrected chi connectivity index (χ4v) is 7.11. The van der Waals surface area contributed by atoms with Crippen molar-refractivity contribution in [1.82, 2.24) is 15.5 Å². The maximum atomic E-state index is 15.7. The number of nitrogens with zero attached hydrogens (tertiary/aromatic N) is 1. The van der Waals surface area contributed by atoms with Gasteiger partial charge in [-0.3, -0.25) is 19.7 Å². The Morgan fingerprint density at radius 3 is 2.59 bits per heavy atom. The molecule has 6 nitrogen and oxygen atoms in total. The minimum absolute atomic E-state index is 0.0841. The van der Waals surface area contributed by atoms with E-state index in [0.29, 0.717) is 46.8 Å². The van der Waals surface area contributed by atoms with E-state index in [1.807, 2.05) is 0 Å². The van der Waals surface area contributed by atoms with Crippen LogP contribution in [0.4, 0.5) is 4.39 Å². The highest BCUT2D eigenvalue weighted by Gasteiger charge is 2.41. The van der Waals surface area contributed by atoms with Crippen LogP contribution in [0.2, 0.25) is 0 Å². The molecule has 2 saturated carbocycles. The molecule has 2 heterocycles. The average Bonchev–Trinajstić information content (AvgIpc) is 3.15. The van der Waals surface area contributed by atoms with Gasteiger partial charge in [-0.05, 0) is 61.7 Å². The van der Waals surface area contributed by atoms with Crippen LogP contribution in [0.1, 0.15) is 85.7 Å². The number of rotatable bonds is 5. The second-order valence-corrected chi connectivity index (χ2v) is 11.4. The number of halogens is 1. The third kappa shape index (κ3) is 4.66. The summed E-state index contributed by atoms with van der Waals surface area (Å²) in [7, 11) is 3.02. The Balaban J connectivity index is 1.32. The van der Waals surface area contributed by atoms with Crippen LogP contribution >= 0.6 is 9.24 Å². The van der Waals surface area contributed by atoms with Crippen LogP contribution in [0.5, 0.6) is 0 Å². The Labute approximate surface area is 203 Å². The molecule has 1 aromatic carbocycles. The molecule has 3 unspecified atom stereocenters. The van der Waals surface area contributed by atoms with E-state index >= 15 is 4.39 Å². The lowest BCUT2D eigenvalue weighted by Gasteiger charge is -2.40. The van der Waals surface area contributed by atoms with Crippen molar-refractivity contribution in [3.63, 3.8) is 0 Å². The molecule has 0 aromatic heterocycles. The zero-order valence-electron chi connectivity index (χ0n) is 19.7. The molecule has 0 radical (unpaired) electrons. The predicted octanol–water partition coefficient (Wildman–Crippen LogP) is 3.46. The van der Waals surface area contributed by atoms with Gasteiger partial charge in [0.05, 0.1) is 6.54 Å². The third-order valence-corrected chi connectivity index (χ3v) is 9.07. The van der Waals surface area contributed by atoms with E-state index in [0.717, 1.165) is 12.8 Å². The van der Waals surface area contributed by atoms with Gasteiger partial charge in [0.25, 0.3) is 5.91 Å². The van der Waals surface area contributed by atoms with Gasteiger partial charge in [-0.1, -0.05) is 31.7 Å². The molecule has 2 aliphatic carbocycles. The smallest absolute Gasteiger partial charge is 0.255 e. The highest BCUT2D eigenvalue weighted by Crippen LogP contribution is 2.36. The van der Waals surface area contributed by atoms with E-state index in [1.165, 1.54) is 43.4 Å². The van der Waals surface area contributed by atoms with Gasteiger partial charge in [-0.2, -0.15) is 0 Å². The van der Waals surface area contributed by atoms with Gasteiger partial charge in [0, 0.05) is 29.6 Å². The quantitative estimate of drug-likeness (QED) is 0.493. The Hall–Kier alpha value is -1.85. The zero-order chi connectivity index (χ0) is 23.8. The number of fused-ring (bicyclic) bond motifs is 1. The lowest BCUT2D eigenvalue weighted by Crippen LogP contribution is -2.52. The van der Waals surface area contributed by atoms with Gasteiger partial charge >= 0.3 is 0 Å². The maximum Gasteiger partial charge on any atom is 0.255 e. The van der Waals surface area contributed by atoms with Crippen LogP contribution in [0.15, 0.2) is 12.1 Å². The first-order valence-electron chi connectivity index (χ1n) is 12.9. The average molecular weight is 488 g/mol. The van der Waals surface area contributed by atoms with E-state index in [4.69, 9.17) is 0 Å². The van der Waals surface area contributed by atoms with E-state index < -0.39 is 11.9 Å². The first kappa shape index (κ1) is 23.9. The molecule has 3 fully saturated rings. The van der Waals surface area contributed by atoms with Gasteiger partial charge in [0.15, 0.2) is 0 Å². The van der Waals surface area contributed by atoms with Crippen LogP contribution in [-0.2, 0) is 22.6 Å². The molecule has 5 rings (SSSR count). The summed E-state index contributed by atoms with van der Waals surface area (Å²) in [5.74, 6) is -1.06. The van der Waals surface area contributed by atoms with E-state index in [-0.39, 0.29) is 37.0 Å². The topological polar surface area (TPSA) is 78.5 Å². The number of carbonyl (C=O) groups excluding carboxylic acids is 3. The fourth-order valence-electron chi connectivity index (χ4n) is 6.45. The summed E-state index contributed by atoms with van der Waals surface area (Å²) in [6.07, 6.45) is 10.9. The molecule has 2 aliphatic heterocycles. The van der Waals surface area contributed by atoms with Crippen LogP contribution in [0, 0.1) is 11.7 Å². The first-order valence-corrected chi connectivity index (χ1v) is 13.6. The molecule has 2 N–H and O–H groups in total. The number of hydrogen-bond donors (Lipinski definition) is 2. The second kappa shape index (κ2) is 10.0. The Morgan fingerprint density at radius 1 is 1.03 bits per heavy atom.